The van der Waals surface area contributed by atoms with Gasteiger partial charge in [0.1, 0.15) is 0 Å². The molecule has 0 fully saturated rings. The number of nitrogens with one attached hydrogen (secondary N) is 1. The van der Waals surface area contributed by atoms with Gasteiger partial charge in [-0.3, -0.25) is 0 Å². The second-order valence-corrected chi connectivity index (χ2v) is 4.16. The molecular weight excluding hydrogens is 158 g/mol. The van der Waals surface area contributed by atoms with Crippen LogP contribution in [0.25, 0.3) is 0 Å². The fourth-order valence-corrected chi connectivity index (χ4v) is 1.92. The largest absolute Gasteiger partial charge is 0.314 e. The fourth-order valence-electron chi connectivity index (χ4n) is 1.92. The van der Waals surface area contributed by atoms with E-state index in [2.05, 4.69) is 43.4 Å². The van der Waals surface area contributed by atoms with Gasteiger partial charge in [0, 0.05) is 18.5 Å². The summed E-state index contributed by atoms with van der Waals surface area (Å²) in [4.78, 5) is 0. The van der Waals surface area contributed by atoms with E-state index < -0.39 is 0 Å². The van der Waals surface area contributed by atoms with Crippen LogP contribution in [0, 0.1) is 0 Å². The Morgan fingerprint density at radius 2 is 2.15 bits per heavy atom. The van der Waals surface area contributed by atoms with E-state index in [4.69, 9.17) is 0 Å². The van der Waals surface area contributed by atoms with Crippen molar-refractivity contribution in [3.8, 4) is 0 Å². The topological polar surface area (TPSA) is 12.0 Å². The average Bonchev–Trinajstić information content (AvgIpc) is 2.06. The zero-order chi connectivity index (χ0) is 9.26. The molecule has 0 spiro atoms. The van der Waals surface area contributed by atoms with E-state index in [1.54, 1.807) is 5.56 Å². The van der Waals surface area contributed by atoms with E-state index in [1.165, 1.54) is 12.0 Å². The Balaban J connectivity index is 1.94. The van der Waals surface area contributed by atoms with Gasteiger partial charge in [-0.15, -0.1) is 0 Å². The Hall–Kier alpha value is -0.820. The minimum atomic E-state index is 0.604. The molecule has 0 bridgehead atoms. The van der Waals surface area contributed by atoms with Crippen molar-refractivity contribution in [2.45, 2.75) is 32.2 Å². The molecule has 0 aromatic heterocycles. The highest BCUT2D eigenvalue weighted by molar-refractivity contribution is 5.40. The first-order valence-electron chi connectivity index (χ1n) is 5.08. The summed E-state index contributed by atoms with van der Waals surface area (Å²) >= 11 is 0. The van der Waals surface area contributed by atoms with Gasteiger partial charge in [0.2, 0.25) is 0 Å². The van der Waals surface area contributed by atoms with Crippen LogP contribution < -0.4 is 5.32 Å². The number of benzene rings is 1. The molecule has 1 aliphatic carbocycles. The van der Waals surface area contributed by atoms with Crippen LogP contribution >= 0.6 is 0 Å². The Labute approximate surface area is 80.2 Å². The van der Waals surface area contributed by atoms with E-state index in [0.717, 1.165) is 12.5 Å². The minimum absolute atomic E-state index is 0.604. The molecule has 0 radical (unpaired) electrons. The van der Waals surface area contributed by atoms with Crippen molar-refractivity contribution < 1.29 is 0 Å². The zero-order valence-electron chi connectivity index (χ0n) is 8.38. The molecule has 0 heterocycles. The van der Waals surface area contributed by atoms with Gasteiger partial charge in [0.15, 0.2) is 0 Å². The summed E-state index contributed by atoms with van der Waals surface area (Å²) < 4.78 is 0. The van der Waals surface area contributed by atoms with E-state index >= 15 is 0 Å². The molecule has 2 rings (SSSR count). The third kappa shape index (κ3) is 1.75. The predicted octanol–water partition coefficient (Wildman–Crippen LogP) is 2.32. The SMILES string of the molecule is CC(C)NCC1Cc2ccccc21. The van der Waals surface area contributed by atoms with Crippen molar-refractivity contribution >= 4 is 0 Å². The number of rotatable bonds is 3. The van der Waals surface area contributed by atoms with Crippen molar-refractivity contribution in [1.29, 1.82) is 0 Å². The zero-order valence-corrected chi connectivity index (χ0v) is 8.38. The summed E-state index contributed by atoms with van der Waals surface area (Å²) in [5, 5.41) is 3.49. The smallest absolute Gasteiger partial charge is 0.00258 e. The summed E-state index contributed by atoms with van der Waals surface area (Å²) in [6, 6.07) is 9.37. The lowest BCUT2D eigenvalue weighted by Crippen LogP contribution is -2.32. The van der Waals surface area contributed by atoms with E-state index in [0.29, 0.717) is 6.04 Å². The fraction of sp³-hybridized carbons (Fsp3) is 0.500. The molecule has 1 aromatic carbocycles. The molecule has 0 aliphatic heterocycles. The number of hydrogen-bond donors (Lipinski definition) is 1. The molecule has 1 aliphatic rings. The van der Waals surface area contributed by atoms with Crippen molar-refractivity contribution in [2.24, 2.45) is 0 Å². The molecule has 1 heteroatoms. The first-order valence-corrected chi connectivity index (χ1v) is 5.08. The van der Waals surface area contributed by atoms with Crippen LogP contribution in [0.2, 0.25) is 0 Å². The van der Waals surface area contributed by atoms with Crippen LogP contribution in [0.15, 0.2) is 24.3 Å². The van der Waals surface area contributed by atoms with Gasteiger partial charge in [-0.05, 0) is 17.5 Å². The van der Waals surface area contributed by atoms with Gasteiger partial charge in [-0.25, -0.2) is 0 Å². The molecule has 13 heavy (non-hydrogen) atoms. The third-order valence-electron chi connectivity index (χ3n) is 2.73. The van der Waals surface area contributed by atoms with Crippen molar-refractivity contribution in [3.05, 3.63) is 35.4 Å². The summed E-state index contributed by atoms with van der Waals surface area (Å²) in [6.45, 7) is 5.53. The summed E-state index contributed by atoms with van der Waals surface area (Å²) in [7, 11) is 0. The van der Waals surface area contributed by atoms with Gasteiger partial charge >= 0.3 is 0 Å². The normalized spacial score (nSPS) is 19.8. The Morgan fingerprint density at radius 3 is 2.85 bits per heavy atom. The third-order valence-corrected chi connectivity index (χ3v) is 2.73. The molecule has 0 amide bonds. The quantitative estimate of drug-likeness (QED) is 0.743. The molecule has 0 saturated carbocycles. The number of hydrogen-bond acceptors (Lipinski definition) is 1. The van der Waals surface area contributed by atoms with Gasteiger partial charge in [0.05, 0.1) is 0 Å². The standard InChI is InChI=1S/C12H17N/c1-9(2)13-8-11-7-10-5-3-4-6-12(10)11/h3-6,9,11,13H,7-8H2,1-2H3. The van der Waals surface area contributed by atoms with E-state index in [9.17, 15) is 0 Å². The Morgan fingerprint density at radius 1 is 1.38 bits per heavy atom. The average molecular weight is 175 g/mol. The lowest BCUT2D eigenvalue weighted by molar-refractivity contribution is 0.497. The van der Waals surface area contributed by atoms with E-state index in [-0.39, 0.29) is 0 Å². The van der Waals surface area contributed by atoms with Crippen LogP contribution in [0.4, 0.5) is 0 Å². The molecular formula is C12H17N. The molecule has 0 saturated heterocycles. The Kier molecular flexibility index (Phi) is 2.36. The van der Waals surface area contributed by atoms with Crippen molar-refractivity contribution in [2.75, 3.05) is 6.54 Å². The van der Waals surface area contributed by atoms with Crippen molar-refractivity contribution in [3.63, 3.8) is 0 Å². The maximum Gasteiger partial charge on any atom is 0.00258 e. The highest BCUT2D eigenvalue weighted by Crippen LogP contribution is 2.33. The second-order valence-electron chi connectivity index (χ2n) is 4.16. The van der Waals surface area contributed by atoms with E-state index in [1.807, 2.05) is 0 Å². The second kappa shape index (κ2) is 3.51. The van der Waals surface area contributed by atoms with Crippen molar-refractivity contribution in [1.82, 2.24) is 5.32 Å². The summed E-state index contributed by atoms with van der Waals surface area (Å²) in [5.41, 5.74) is 3.09. The van der Waals surface area contributed by atoms with Crippen LogP contribution in [0.3, 0.4) is 0 Å². The monoisotopic (exact) mass is 175 g/mol. The molecule has 1 N–H and O–H groups in total. The highest BCUT2D eigenvalue weighted by atomic mass is 14.9. The molecule has 70 valence electrons. The summed E-state index contributed by atoms with van der Waals surface area (Å²) in [5.74, 6) is 0.763. The van der Waals surface area contributed by atoms with Crippen LogP contribution in [-0.4, -0.2) is 12.6 Å². The molecule has 1 unspecified atom stereocenters. The van der Waals surface area contributed by atoms with Crippen LogP contribution in [-0.2, 0) is 6.42 Å². The van der Waals surface area contributed by atoms with Crippen LogP contribution in [0.1, 0.15) is 30.9 Å². The van der Waals surface area contributed by atoms with Gasteiger partial charge < -0.3 is 5.32 Å². The lowest BCUT2D eigenvalue weighted by atomic mass is 9.77. The predicted molar refractivity (Wildman–Crippen MR) is 56.0 cm³/mol. The van der Waals surface area contributed by atoms with Gasteiger partial charge in [-0.2, -0.15) is 0 Å². The molecule has 1 atom stereocenters. The number of fused-ring (bicyclic) bond motifs is 1. The maximum absolute atomic E-state index is 3.49. The molecule has 1 aromatic rings. The molecule has 1 nitrogen and oxygen atoms in total. The highest BCUT2D eigenvalue weighted by Gasteiger charge is 2.24. The van der Waals surface area contributed by atoms with Gasteiger partial charge in [0.25, 0.3) is 0 Å². The summed E-state index contributed by atoms with van der Waals surface area (Å²) in [6.07, 6.45) is 1.26. The Bertz CT molecular complexity index is 291. The van der Waals surface area contributed by atoms with Gasteiger partial charge in [-0.1, -0.05) is 38.1 Å². The first-order chi connectivity index (χ1) is 6.27. The van der Waals surface area contributed by atoms with Crippen LogP contribution in [0.5, 0.6) is 0 Å². The maximum atomic E-state index is 3.49. The minimum Gasteiger partial charge on any atom is -0.314 e. The lowest BCUT2D eigenvalue weighted by Gasteiger charge is -2.30. The first kappa shape index (κ1) is 8.76.